The number of esters is 1. The Balaban J connectivity index is 1.72. The number of nitrogens with one attached hydrogen (secondary N) is 2. The van der Waals surface area contributed by atoms with Gasteiger partial charge in [-0.25, -0.2) is 14.5 Å². The van der Waals surface area contributed by atoms with E-state index in [0.717, 1.165) is 16.9 Å². The molecule has 1 aliphatic heterocycles. The quantitative estimate of drug-likeness (QED) is 0.294. The van der Waals surface area contributed by atoms with Crippen LogP contribution in [0.1, 0.15) is 18.1 Å². The summed E-state index contributed by atoms with van der Waals surface area (Å²) in [6, 6.07) is 9.69. The Bertz CT molecular complexity index is 1160. The molecule has 2 aromatic carbocycles. The fourth-order valence-electron chi connectivity index (χ4n) is 3.16. The molecule has 4 amide bonds. The van der Waals surface area contributed by atoms with Crippen LogP contribution in [0.3, 0.4) is 0 Å². The van der Waals surface area contributed by atoms with Crippen molar-refractivity contribution in [3.8, 4) is 5.75 Å². The lowest BCUT2D eigenvalue weighted by atomic mass is 10.1. The van der Waals surface area contributed by atoms with Gasteiger partial charge in [0.2, 0.25) is 5.91 Å². The number of urea groups is 1. The molecule has 2 aromatic rings. The summed E-state index contributed by atoms with van der Waals surface area (Å²) in [5, 5.41) is 5.37. The molecule has 0 aromatic heterocycles. The van der Waals surface area contributed by atoms with Gasteiger partial charge in [-0.2, -0.15) is 0 Å². The Labute approximate surface area is 209 Å². The summed E-state index contributed by atoms with van der Waals surface area (Å²) < 4.78 is 10.3. The van der Waals surface area contributed by atoms with Gasteiger partial charge in [0.1, 0.15) is 12.2 Å². The van der Waals surface area contributed by atoms with E-state index in [0.29, 0.717) is 15.7 Å². The zero-order valence-electron chi connectivity index (χ0n) is 18.3. The molecule has 34 heavy (non-hydrogen) atoms. The number of ether oxygens (including phenoxy) is 2. The minimum absolute atomic E-state index is 0.0158. The summed E-state index contributed by atoms with van der Waals surface area (Å²) in [7, 11) is 1.24. The fourth-order valence-corrected chi connectivity index (χ4v) is 4.15. The third-order valence-electron chi connectivity index (χ3n) is 4.83. The molecular weight excluding hydrogens is 530 g/mol. The van der Waals surface area contributed by atoms with Gasteiger partial charge in [0, 0.05) is 5.69 Å². The largest absolute Gasteiger partial charge is 0.479 e. The number of amides is 4. The molecule has 0 aliphatic carbocycles. The van der Waals surface area contributed by atoms with Crippen molar-refractivity contribution in [2.24, 2.45) is 0 Å². The molecule has 11 heteroatoms. The summed E-state index contributed by atoms with van der Waals surface area (Å²) in [5.74, 6) is -1.50. The highest BCUT2D eigenvalue weighted by atomic mass is 79.9. The molecule has 2 N–H and O–H groups in total. The van der Waals surface area contributed by atoms with Crippen LogP contribution in [0.2, 0.25) is 5.02 Å². The lowest BCUT2D eigenvalue weighted by Gasteiger charge is -2.13. The number of rotatable bonds is 8. The van der Waals surface area contributed by atoms with Gasteiger partial charge in [-0.15, -0.1) is 0 Å². The zero-order valence-corrected chi connectivity index (χ0v) is 20.7. The Morgan fingerprint density at radius 1 is 1.24 bits per heavy atom. The van der Waals surface area contributed by atoms with E-state index in [1.54, 1.807) is 18.2 Å². The topological polar surface area (TPSA) is 114 Å². The van der Waals surface area contributed by atoms with E-state index in [1.165, 1.54) is 19.3 Å². The molecule has 0 spiro atoms. The van der Waals surface area contributed by atoms with E-state index in [1.807, 2.05) is 19.1 Å². The van der Waals surface area contributed by atoms with Crippen molar-refractivity contribution in [1.82, 2.24) is 10.2 Å². The number of methoxy groups -OCH3 is 1. The van der Waals surface area contributed by atoms with E-state index >= 15 is 0 Å². The maximum Gasteiger partial charge on any atom is 0.343 e. The first kappa shape index (κ1) is 25.3. The van der Waals surface area contributed by atoms with Crippen LogP contribution in [-0.2, 0) is 25.5 Å². The predicted molar refractivity (Wildman–Crippen MR) is 129 cm³/mol. The van der Waals surface area contributed by atoms with Crippen LogP contribution in [-0.4, -0.2) is 49.0 Å². The van der Waals surface area contributed by atoms with Gasteiger partial charge in [0.05, 0.1) is 16.6 Å². The van der Waals surface area contributed by atoms with Crippen LogP contribution in [0, 0.1) is 0 Å². The Morgan fingerprint density at radius 2 is 1.97 bits per heavy atom. The number of imide groups is 1. The summed E-state index contributed by atoms with van der Waals surface area (Å²) >= 11 is 9.55. The van der Waals surface area contributed by atoms with Crippen LogP contribution in [0.25, 0.3) is 6.08 Å². The first-order valence-electron chi connectivity index (χ1n) is 10.1. The van der Waals surface area contributed by atoms with Gasteiger partial charge in [0.15, 0.2) is 12.4 Å². The van der Waals surface area contributed by atoms with Crippen molar-refractivity contribution in [3.05, 3.63) is 62.7 Å². The first-order chi connectivity index (χ1) is 16.2. The van der Waals surface area contributed by atoms with Gasteiger partial charge >= 0.3 is 12.0 Å². The lowest BCUT2D eigenvalue weighted by Crippen LogP contribution is -2.38. The molecule has 0 saturated carbocycles. The van der Waals surface area contributed by atoms with Crippen molar-refractivity contribution in [2.45, 2.75) is 13.3 Å². The number of anilines is 1. The molecule has 1 saturated heterocycles. The number of carbonyl (C=O) groups excluding carboxylic acids is 4. The number of carbonyl (C=O) groups is 4. The lowest BCUT2D eigenvalue weighted by molar-refractivity contribution is -0.142. The van der Waals surface area contributed by atoms with Crippen LogP contribution in [0.15, 0.2) is 46.6 Å². The van der Waals surface area contributed by atoms with Crippen LogP contribution >= 0.6 is 27.5 Å². The fraction of sp³-hybridized carbons (Fsp3) is 0.217. The second kappa shape index (κ2) is 11.2. The van der Waals surface area contributed by atoms with Crippen LogP contribution < -0.4 is 15.4 Å². The van der Waals surface area contributed by atoms with Crippen molar-refractivity contribution >= 4 is 63.1 Å². The molecule has 1 heterocycles. The average molecular weight is 551 g/mol. The summed E-state index contributed by atoms with van der Waals surface area (Å²) in [6.45, 7) is 1.19. The van der Waals surface area contributed by atoms with Crippen molar-refractivity contribution in [1.29, 1.82) is 0 Å². The molecule has 1 fully saturated rings. The maximum absolute atomic E-state index is 12.8. The number of nitrogens with zero attached hydrogens (tertiary/aromatic N) is 1. The molecule has 3 rings (SSSR count). The van der Waals surface area contributed by atoms with Gasteiger partial charge in [-0.3, -0.25) is 9.59 Å². The zero-order chi connectivity index (χ0) is 24.8. The van der Waals surface area contributed by atoms with Crippen LogP contribution in [0.5, 0.6) is 5.75 Å². The van der Waals surface area contributed by atoms with E-state index in [4.69, 9.17) is 16.3 Å². The monoisotopic (exact) mass is 549 g/mol. The number of para-hydroxylation sites is 1. The molecule has 9 nitrogen and oxygen atoms in total. The van der Waals surface area contributed by atoms with Crippen LogP contribution in [0.4, 0.5) is 10.5 Å². The number of aryl methyl sites for hydroxylation is 1. The minimum atomic E-state index is -0.710. The van der Waals surface area contributed by atoms with Crippen molar-refractivity contribution < 1.29 is 28.7 Å². The SMILES string of the molecule is CCc1ccccc1NC(=O)CN1C(=O)N/C(=C/c2cc(Cl)c(OCC(=O)OC)c(Br)c2)C1=O. The highest BCUT2D eigenvalue weighted by Gasteiger charge is 2.35. The van der Waals surface area contributed by atoms with Crippen molar-refractivity contribution in [2.75, 3.05) is 25.6 Å². The Hall–Kier alpha value is -3.37. The number of hydrogen-bond acceptors (Lipinski definition) is 6. The third-order valence-corrected chi connectivity index (χ3v) is 5.70. The molecule has 0 atom stereocenters. The summed E-state index contributed by atoms with van der Waals surface area (Å²) in [6.07, 6.45) is 2.14. The van der Waals surface area contributed by atoms with E-state index in [9.17, 15) is 19.2 Å². The van der Waals surface area contributed by atoms with Gasteiger partial charge < -0.3 is 20.1 Å². The predicted octanol–water partition coefficient (Wildman–Crippen LogP) is 3.75. The maximum atomic E-state index is 12.8. The molecule has 0 unspecified atom stereocenters. The summed E-state index contributed by atoms with van der Waals surface area (Å²) in [5.41, 5.74) is 2.04. The molecular formula is C23H21BrClN3O6. The average Bonchev–Trinajstić information content (AvgIpc) is 3.05. The Morgan fingerprint density at radius 3 is 2.65 bits per heavy atom. The molecule has 1 aliphatic rings. The normalized spacial score (nSPS) is 14.2. The van der Waals surface area contributed by atoms with Gasteiger partial charge in [-0.05, 0) is 57.8 Å². The molecule has 0 radical (unpaired) electrons. The Kier molecular flexibility index (Phi) is 8.30. The number of halogens is 2. The summed E-state index contributed by atoms with van der Waals surface area (Å²) in [4.78, 5) is 49.7. The minimum Gasteiger partial charge on any atom is -0.479 e. The molecule has 178 valence electrons. The van der Waals surface area contributed by atoms with E-state index in [2.05, 4.69) is 31.3 Å². The highest BCUT2D eigenvalue weighted by Crippen LogP contribution is 2.35. The third kappa shape index (κ3) is 5.95. The van der Waals surface area contributed by atoms with Crippen molar-refractivity contribution in [3.63, 3.8) is 0 Å². The smallest absolute Gasteiger partial charge is 0.343 e. The highest BCUT2D eigenvalue weighted by molar-refractivity contribution is 9.10. The van der Waals surface area contributed by atoms with E-state index < -0.39 is 30.4 Å². The second-order valence-corrected chi connectivity index (χ2v) is 8.38. The number of benzene rings is 2. The van der Waals surface area contributed by atoms with Gasteiger partial charge in [0.25, 0.3) is 5.91 Å². The standard InChI is InChI=1S/C23H21BrClN3O6/c1-3-14-6-4-5-7-17(14)26-19(29)11-28-22(31)18(27-23(28)32)10-13-8-15(24)21(16(25)9-13)34-12-20(30)33-2/h4-10H,3,11-12H2,1-2H3,(H,26,29)(H,27,32)/b18-10+. The number of hydrogen-bond donors (Lipinski definition) is 2. The first-order valence-corrected chi connectivity index (χ1v) is 11.3. The van der Waals surface area contributed by atoms with E-state index in [-0.39, 0.29) is 23.1 Å². The van der Waals surface area contributed by atoms with Gasteiger partial charge in [-0.1, -0.05) is 36.7 Å². The molecule has 0 bridgehead atoms. The second-order valence-electron chi connectivity index (χ2n) is 7.12.